The molecule has 0 aliphatic carbocycles. The molecular formula is C18H21NO3. The van der Waals surface area contributed by atoms with Gasteiger partial charge in [0.15, 0.2) is 6.10 Å². The van der Waals surface area contributed by atoms with E-state index in [0.717, 1.165) is 5.56 Å². The molecule has 0 aromatic heterocycles. The fourth-order valence-electron chi connectivity index (χ4n) is 2.20. The van der Waals surface area contributed by atoms with Crippen LogP contribution in [-0.4, -0.2) is 35.2 Å². The average molecular weight is 299 g/mol. The number of para-hydroxylation sites is 1. The Bertz CT molecular complexity index is 571. The lowest BCUT2D eigenvalue weighted by Gasteiger charge is -2.25. The van der Waals surface area contributed by atoms with Crippen molar-refractivity contribution in [3.05, 3.63) is 66.2 Å². The van der Waals surface area contributed by atoms with Crippen LogP contribution in [0, 0.1) is 0 Å². The third kappa shape index (κ3) is 4.60. The van der Waals surface area contributed by atoms with Crippen LogP contribution in [0.2, 0.25) is 0 Å². The monoisotopic (exact) mass is 299 g/mol. The highest BCUT2D eigenvalue weighted by Crippen LogP contribution is 2.13. The highest BCUT2D eigenvalue weighted by molar-refractivity contribution is 5.80. The lowest BCUT2D eigenvalue weighted by Crippen LogP contribution is -2.41. The number of amides is 1. The first-order valence-electron chi connectivity index (χ1n) is 7.36. The van der Waals surface area contributed by atoms with Gasteiger partial charge in [-0.3, -0.25) is 4.79 Å². The Morgan fingerprint density at radius 1 is 1.09 bits per heavy atom. The van der Waals surface area contributed by atoms with Gasteiger partial charge in [0.05, 0.1) is 6.61 Å². The zero-order valence-corrected chi connectivity index (χ0v) is 12.7. The molecule has 116 valence electrons. The van der Waals surface area contributed by atoms with Gasteiger partial charge in [-0.25, -0.2) is 0 Å². The third-order valence-corrected chi connectivity index (χ3v) is 3.30. The second-order valence-corrected chi connectivity index (χ2v) is 5.04. The Balaban J connectivity index is 2.02. The van der Waals surface area contributed by atoms with Gasteiger partial charge < -0.3 is 14.7 Å². The SMILES string of the molecule is CC(Oc1ccccc1)C(=O)N(CCO)Cc1ccccc1. The van der Waals surface area contributed by atoms with Crippen LogP contribution >= 0.6 is 0 Å². The summed E-state index contributed by atoms with van der Waals surface area (Å²) in [5.74, 6) is 0.522. The van der Waals surface area contributed by atoms with Crippen LogP contribution in [-0.2, 0) is 11.3 Å². The molecule has 4 heteroatoms. The standard InChI is InChI=1S/C18H21NO3/c1-15(22-17-10-6-3-7-11-17)18(21)19(12-13-20)14-16-8-4-2-5-9-16/h2-11,15,20H,12-14H2,1H3. The van der Waals surface area contributed by atoms with Crippen molar-refractivity contribution in [1.82, 2.24) is 4.90 Å². The van der Waals surface area contributed by atoms with Crippen molar-refractivity contribution >= 4 is 5.91 Å². The molecule has 2 aromatic rings. The van der Waals surface area contributed by atoms with E-state index in [9.17, 15) is 9.90 Å². The van der Waals surface area contributed by atoms with Gasteiger partial charge in [0.1, 0.15) is 5.75 Å². The number of aliphatic hydroxyl groups excluding tert-OH is 1. The molecule has 1 N–H and O–H groups in total. The van der Waals surface area contributed by atoms with Gasteiger partial charge >= 0.3 is 0 Å². The number of aliphatic hydroxyl groups is 1. The zero-order chi connectivity index (χ0) is 15.8. The predicted octanol–water partition coefficient (Wildman–Crippen LogP) is 2.48. The number of nitrogens with zero attached hydrogens (tertiary/aromatic N) is 1. The Kier molecular flexibility index (Phi) is 5.98. The summed E-state index contributed by atoms with van der Waals surface area (Å²) < 4.78 is 5.67. The van der Waals surface area contributed by atoms with Crippen molar-refractivity contribution in [1.29, 1.82) is 0 Å². The summed E-state index contributed by atoms with van der Waals surface area (Å²) >= 11 is 0. The van der Waals surface area contributed by atoms with E-state index >= 15 is 0 Å². The number of hydrogen-bond donors (Lipinski definition) is 1. The van der Waals surface area contributed by atoms with Gasteiger partial charge in [0.2, 0.25) is 0 Å². The Morgan fingerprint density at radius 3 is 2.27 bits per heavy atom. The average Bonchev–Trinajstić information content (AvgIpc) is 2.55. The van der Waals surface area contributed by atoms with E-state index in [-0.39, 0.29) is 19.1 Å². The van der Waals surface area contributed by atoms with Crippen molar-refractivity contribution in [3.8, 4) is 5.75 Å². The van der Waals surface area contributed by atoms with Gasteiger partial charge in [0, 0.05) is 13.1 Å². The zero-order valence-electron chi connectivity index (χ0n) is 12.7. The topological polar surface area (TPSA) is 49.8 Å². The van der Waals surface area contributed by atoms with Crippen molar-refractivity contribution < 1.29 is 14.6 Å². The molecule has 4 nitrogen and oxygen atoms in total. The summed E-state index contributed by atoms with van der Waals surface area (Å²) in [7, 11) is 0. The molecule has 0 aliphatic heterocycles. The largest absolute Gasteiger partial charge is 0.481 e. The molecule has 2 rings (SSSR count). The number of carbonyl (C=O) groups excluding carboxylic acids is 1. The minimum absolute atomic E-state index is 0.0728. The number of carbonyl (C=O) groups is 1. The summed E-state index contributed by atoms with van der Waals surface area (Å²) in [6.07, 6.45) is -0.599. The highest BCUT2D eigenvalue weighted by atomic mass is 16.5. The fourth-order valence-corrected chi connectivity index (χ4v) is 2.20. The molecule has 0 saturated carbocycles. The van der Waals surface area contributed by atoms with E-state index < -0.39 is 6.10 Å². The molecule has 1 unspecified atom stereocenters. The molecule has 0 saturated heterocycles. The number of ether oxygens (including phenoxy) is 1. The number of benzene rings is 2. The quantitative estimate of drug-likeness (QED) is 0.854. The van der Waals surface area contributed by atoms with Crippen molar-refractivity contribution in [2.75, 3.05) is 13.2 Å². The molecule has 22 heavy (non-hydrogen) atoms. The van der Waals surface area contributed by atoms with Gasteiger partial charge in [-0.15, -0.1) is 0 Å². The molecule has 0 aliphatic rings. The summed E-state index contributed by atoms with van der Waals surface area (Å²) in [5.41, 5.74) is 1.02. The lowest BCUT2D eigenvalue weighted by molar-refractivity contribution is -0.139. The molecule has 1 atom stereocenters. The molecule has 0 bridgehead atoms. The summed E-state index contributed by atoms with van der Waals surface area (Å²) in [4.78, 5) is 14.1. The molecule has 0 heterocycles. The predicted molar refractivity (Wildman–Crippen MR) is 85.5 cm³/mol. The maximum Gasteiger partial charge on any atom is 0.263 e. The summed E-state index contributed by atoms with van der Waals surface area (Å²) in [6, 6.07) is 19.0. The van der Waals surface area contributed by atoms with Gasteiger partial charge in [-0.05, 0) is 24.6 Å². The second kappa shape index (κ2) is 8.20. The maximum absolute atomic E-state index is 12.5. The highest BCUT2D eigenvalue weighted by Gasteiger charge is 2.21. The lowest BCUT2D eigenvalue weighted by atomic mass is 10.2. The van der Waals surface area contributed by atoms with E-state index in [1.54, 1.807) is 11.8 Å². The van der Waals surface area contributed by atoms with Crippen LogP contribution in [0.1, 0.15) is 12.5 Å². The van der Waals surface area contributed by atoms with E-state index in [4.69, 9.17) is 4.74 Å². The van der Waals surface area contributed by atoms with Crippen LogP contribution in [0.5, 0.6) is 5.75 Å². The van der Waals surface area contributed by atoms with E-state index in [0.29, 0.717) is 12.3 Å². The molecule has 1 amide bonds. The van der Waals surface area contributed by atoms with Crippen molar-refractivity contribution in [3.63, 3.8) is 0 Å². The first-order valence-corrected chi connectivity index (χ1v) is 7.36. The van der Waals surface area contributed by atoms with Crippen molar-refractivity contribution in [2.45, 2.75) is 19.6 Å². The van der Waals surface area contributed by atoms with Gasteiger partial charge in [0.25, 0.3) is 5.91 Å². The fraction of sp³-hybridized carbons (Fsp3) is 0.278. The minimum atomic E-state index is -0.599. The molecule has 0 spiro atoms. The van der Waals surface area contributed by atoms with Gasteiger partial charge in [-0.1, -0.05) is 48.5 Å². The Morgan fingerprint density at radius 2 is 1.68 bits per heavy atom. The molecule has 2 aromatic carbocycles. The van der Waals surface area contributed by atoms with Crippen molar-refractivity contribution in [2.24, 2.45) is 0 Å². The molecule has 0 fully saturated rings. The smallest absolute Gasteiger partial charge is 0.263 e. The van der Waals surface area contributed by atoms with Crippen LogP contribution in [0.4, 0.5) is 0 Å². The van der Waals surface area contributed by atoms with E-state index in [1.807, 2.05) is 60.7 Å². The maximum atomic E-state index is 12.5. The summed E-state index contributed by atoms with van der Waals surface area (Å²) in [5, 5.41) is 9.20. The van der Waals surface area contributed by atoms with Gasteiger partial charge in [-0.2, -0.15) is 0 Å². The Labute approximate surface area is 131 Å². The normalized spacial score (nSPS) is 11.7. The number of hydrogen-bond acceptors (Lipinski definition) is 3. The minimum Gasteiger partial charge on any atom is -0.481 e. The second-order valence-electron chi connectivity index (χ2n) is 5.04. The van der Waals surface area contributed by atoms with Crippen LogP contribution < -0.4 is 4.74 Å². The van der Waals surface area contributed by atoms with E-state index in [1.165, 1.54) is 0 Å². The van der Waals surface area contributed by atoms with Crippen LogP contribution in [0.3, 0.4) is 0 Å². The summed E-state index contributed by atoms with van der Waals surface area (Å²) in [6.45, 7) is 2.40. The van der Waals surface area contributed by atoms with E-state index in [2.05, 4.69) is 0 Å². The van der Waals surface area contributed by atoms with Crippen LogP contribution in [0.15, 0.2) is 60.7 Å². The first-order chi connectivity index (χ1) is 10.7. The molecule has 0 radical (unpaired) electrons. The molecular weight excluding hydrogens is 278 g/mol. The Hall–Kier alpha value is -2.33. The van der Waals surface area contributed by atoms with Crippen LogP contribution in [0.25, 0.3) is 0 Å². The third-order valence-electron chi connectivity index (χ3n) is 3.30. The first kappa shape index (κ1) is 16.0. The number of rotatable bonds is 7.